The third-order valence-electron chi connectivity index (χ3n) is 3.66. The molecular weight excluding hydrogens is 250 g/mol. The Morgan fingerprint density at radius 1 is 1.13 bits per heavy atom. The number of rotatable bonds is 5. The molecule has 0 saturated heterocycles. The molecule has 0 aliphatic heterocycles. The zero-order chi connectivity index (χ0) is 11.1. The molecule has 1 aliphatic rings. The molecular formula is C13H26BrN. The van der Waals surface area contributed by atoms with Gasteiger partial charge in [0.05, 0.1) is 0 Å². The third kappa shape index (κ3) is 4.44. The van der Waals surface area contributed by atoms with Crippen LogP contribution in [0.1, 0.15) is 51.9 Å². The van der Waals surface area contributed by atoms with Gasteiger partial charge >= 0.3 is 0 Å². The van der Waals surface area contributed by atoms with E-state index in [0.717, 1.165) is 0 Å². The molecule has 90 valence electrons. The van der Waals surface area contributed by atoms with Crippen LogP contribution in [-0.2, 0) is 0 Å². The van der Waals surface area contributed by atoms with Gasteiger partial charge in [-0.3, -0.25) is 0 Å². The molecule has 1 fully saturated rings. The van der Waals surface area contributed by atoms with Crippen molar-refractivity contribution in [2.75, 3.05) is 25.5 Å². The number of halogens is 1. The molecule has 0 aromatic rings. The Morgan fingerprint density at radius 3 is 2.20 bits per heavy atom. The summed E-state index contributed by atoms with van der Waals surface area (Å²) in [6.45, 7) is 4.80. The maximum Gasteiger partial charge on any atom is 0.0100 e. The first-order chi connectivity index (χ1) is 7.22. The number of hydrogen-bond donors (Lipinski definition) is 0. The van der Waals surface area contributed by atoms with Crippen molar-refractivity contribution < 1.29 is 0 Å². The summed E-state index contributed by atoms with van der Waals surface area (Å²) in [5.41, 5.74) is 0.570. The van der Waals surface area contributed by atoms with Gasteiger partial charge < -0.3 is 4.90 Å². The Balaban J connectivity index is 2.49. The lowest BCUT2D eigenvalue weighted by Crippen LogP contribution is -2.37. The van der Waals surface area contributed by atoms with Crippen molar-refractivity contribution in [2.24, 2.45) is 5.41 Å². The molecule has 0 N–H and O–H groups in total. The van der Waals surface area contributed by atoms with Crippen molar-refractivity contribution in [3.63, 3.8) is 0 Å². The lowest BCUT2D eigenvalue weighted by atomic mass is 9.82. The first kappa shape index (κ1) is 13.5. The molecule has 0 spiro atoms. The SMILES string of the molecule is CCCN(C)CC1(CBr)CCCCCC1. The fraction of sp³-hybridized carbons (Fsp3) is 1.00. The second kappa shape index (κ2) is 6.90. The summed E-state index contributed by atoms with van der Waals surface area (Å²) in [6, 6.07) is 0. The molecule has 0 amide bonds. The van der Waals surface area contributed by atoms with Crippen molar-refractivity contribution in [3.05, 3.63) is 0 Å². The minimum Gasteiger partial charge on any atom is -0.306 e. The topological polar surface area (TPSA) is 3.24 Å². The van der Waals surface area contributed by atoms with E-state index < -0.39 is 0 Å². The number of hydrogen-bond acceptors (Lipinski definition) is 1. The highest BCUT2D eigenvalue weighted by atomic mass is 79.9. The quantitative estimate of drug-likeness (QED) is 0.540. The van der Waals surface area contributed by atoms with E-state index in [0.29, 0.717) is 5.41 Å². The van der Waals surface area contributed by atoms with Crippen molar-refractivity contribution in [3.8, 4) is 0 Å². The summed E-state index contributed by atoms with van der Waals surface area (Å²) in [5, 5.41) is 1.19. The van der Waals surface area contributed by atoms with Crippen LogP contribution in [0.2, 0.25) is 0 Å². The molecule has 0 atom stereocenters. The molecule has 0 heterocycles. The Kier molecular flexibility index (Phi) is 6.21. The Bertz CT molecular complexity index is 162. The normalized spacial score (nSPS) is 21.6. The molecule has 0 aromatic heterocycles. The second-order valence-corrected chi connectivity index (χ2v) is 5.85. The van der Waals surface area contributed by atoms with Crippen LogP contribution < -0.4 is 0 Å². The summed E-state index contributed by atoms with van der Waals surface area (Å²) in [6.07, 6.45) is 9.89. The van der Waals surface area contributed by atoms with E-state index in [-0.39, 0.29) is 0 Å². The van der Waals surface area contributed by atoms with Crippen LogP contribution in [0, 0.1) is 5.41 Å². The average Bonchev–Trinajstić information content (AvgIpc) is 2.44. The van der Waals surface area contributed by atoms with Gasteiger partial charge in [0.1, 0.15) is 0 Å². The van der Waals surface area contributed by atoms with Crippen molar-refractivity contribution in [1.29, 1.82) is 0 Å². The predicted octanol–water partition coefficient (Wildman–Crippen LogP) is 4.06. The zero-order valence-electron chi connectivity index (χ0n) is 10.4. The maximum absolute atomic E-state index is 3.76. The van der Waals surface area contributed by atoms with Crippen molar-refractivity contribution in [1.82, 2.24) is 4.90 Å². The fourth-order valence-corrected chi connectivity index (χ4v) is 3.58. The van der Waals surface area contributed by atoms with Crippen LogP contribution in [0.25, 0.3) is 0 Å². The first-order valence-electron chi connectivity index (χ1n) is 6.47. The second-order valence-electron chi connectivity index (χ2n) is 5.29. The van der Waals surface area contributed by atoms with Crippen LogP contribution in [0.5, 0.6) is 0 Å². The van der Waals surface area contributed by atoms with Crippen LogP contribution >= 0.6 is 15.9 Å². The van der Waals surface area contributed by atoms with E-state index in [2.05, 4.69) is 34.8 Å². The van der Waals surface area contributed by atoms with Gasteiger partial charge in [0.15, 0.2) is 0 Å². The zero-order valence-corrected chi connectivity index (χ0v) is 12.0. The molecule has 1 aliphatic carbocycles. The minimum atomic E-state index is 0.570. The summed E-state index contributed by atoms with van der Waals surface area (Å²) in [4.78, 5) is 2.52. The highest BCUT2D eigenvalue weighted by Gasteiger charge is 2.30. The smallest absolute Gasteiger partial charge is 0.0100 e. The highest BCUT2D eigenvalue weighted by molar-refractivity contribution is 9.09. The van der Waals surface area contributed by atoms with E-state index in [9.17, 15) is 0 Å². The van der Waals surface area contributed by atoms with Gasteiger partial charge in [-0.15, -0.1) is 0 Å². The van der Waals surface area contributed by atoms with Gasteiger partial charge in [-0.2, -0.15) is 0 Å². The van der Waals surface area contributed by atoms with E-state index in [1.807, 2.05) is 0 Å². The monoisotopic (exact) mass is 275 g/mol. The molecule has 15 heavy (non-hydrogen) atoms. The standard InChI is InChI=1S/C13H26BrN/c1-3-10-15(2)12-13(11-14)8-6-4-5-7-9-13/h3-12H2,1-2H3. The minimum absolute atomic E-state index is 0.570. The molecule has 0 aromatic carbocycles. The summed E-state index contributed by atoms with van der Waals surface area (Å²) in [5.74, 6) is 0. The van der Waals surface area contributed by atoms with Crippen molar-refractivity contribution >= 4 is 15.9 Å². The van der Waals surface area contributed by atoms with E-state index in [1.165, 1.54) is 63.4 Å². The van der Waals surface area contributed by atoms with Gasteiger partial charge in [0, 0.05) is 11.9 Å². The largest absolute Gasteiger partial charge is 0.306 e. The molecule has 1 saturated carbocycles. The molecule has 1 rings (SSSR count). The molecule has 0 bridgehead atoms. The fourth-order valence-electron chi connectivity index (χ4n) is 2.85. The summed E-state index contributed by atoms with van der Waals surface area (Å²) < 4.78 is 0. The molecule has 0 unspecified atom stereocenters. The van der Waals surface area contributed by atoms with Crippen LogP contribution in [-0.4, -0.2) is 30.4 Å². The third-order valence-corrected chi connectivity index (χ3v) is 4.85. The van der Waals surface area contributed by atoms with Crippen LogP contribution in [0.3, 0.4) is 0 Å². The molecule has 0 radical (unpaired) electrons. The Morgan fingerprint density at radius 2 is 1.73 bits per heavy atom. The van der Waals surface area contributed by atoms with Gasteiger partial charge in [-0.05, 0) is 38.3 Å². The van der Waals surface area contributed by atoms with Gasteiger partial charge in [-0.25, -0.2) is 0 Å². The van der Waals surface area contributed by atoms with Gasteiger partial charge in [-0.1, -0.05) is 48.5 Å². The molecule has 1 nitrogen and oxygen atoms in total. The Hall–Kier alpha value is 0.440. The number of nitrogens with zero attached hydrogens (tertiary/aromatic N) is 1. The Labute approximate surface area is 104 Å². The van der Waals surface area contributed by atoms with Crippen LogP contribution in [0.4, 0.5) is 0 Å². The highest BCUT2D eigenvalue weighted by Crippen LogP contribution is 2.37. The lowest BCUT2D eigenvalue weighted by molar-refractivity contribution is 0.176. The van der Waals surface area contributed by atoms with E-state index in [4.69, 9.17) is 0 Å². The molecule has 2 heteroatoms. The summed E-state index contributed by atoms with van der Waals surface area (Å²) >= 11 is 3.76. The van der Waals surface area contributed by atoms with Gasteiger partial charge in [0.25, 0.3) is 0 Å². The lowest BCUT2D eigenvalue weighted by Gasteiger charge is -2.35. The van der Waals surface area contributed by atoms with Gasteiger partial charge in [0.2, 0.25) is 0 Å². The average molecular weight is 276 g/mol. The maximum atomic E-state index is 3.76. The number of alkyl halides is 1. The van der Waals surface area contributed by atoms with Crippen LogP contribution in [0.15, 0.2) is 0 Å². The predicted molar refractivity (Wildman–Crippen MR) is 71.7 cm³/mol. The van der Waals surface area contributed by atoms with Crippen molar-refractivity contribution in [2.45, 2.75) is 51.9 Å². The first-order valence-corrected chi connectivity index (χ1v) is 7.59. The van der Waals surface area contributed by atoms with E-state index in [1.54, 1.807) is 0 Å². The van der Waals surface area contributed by atoms with E-state index >= 15 is 0 Å². The summed E-state index contributed by atoms with van der Waals surface area (Å²) in [7, 11) is 2.28.